The molecule has 2 saturated heterocycles. The van der Waals surface area contributed by atoms with Crippen LogP contribution in [0.4, 0.5) is 10.8 Å². The normalized spacial score (nSPS) is 19.4. The van der Waals surface area contributed by atoms with E-state index in [2.05, 4.69) is 56.9 Å². The minimum atomic E-state index is 0.0370. The van der Waals surface area contributed by atoms with E-state index >= 15 is 0 Å². The van der Waals surface area contributed by atoms with Gasteiger partial charge in [-0.05, 0) is 56.0 Å². The van der Waals surface area contributed by atoms with Crippen LogP contribution in [0, 0.1) is 19.8 Å². The first-order chi connectivity index (χ1) is 15.6. The largest absolute Gasteiger partial charge is 0.368 e. The Morgan fingerprint density at radius 3 is 2.47 bits per heavy atom. The predicted molar refractivity (Wildman–Crippen MR) is 129 cm³/mol. The van der Waals surface area contributed by atoms with Crippen molar-refractivity contribution in [3.05, 3.63) is 53.9 Å². The number of amides is 1. The molecule has 2 aromatic heterocycles. The maximum Gasteiger partial charge on any atom is 0.227 e. The number of aryl methyl sites for hydroxylation is 1. The molecular formula is C24H30N6OS. The van der Waals surface area contributed by atoms with Crippen LogP contribution in [0.2, 0.25) is 0 Å². The Morgan fingerprint density at radius 2 is 1.69 bits per heavy atom. The Bertz CT molecular complexity index is 1070. The first-order valence-electron chi connectivity index (χ1n) is 11.4. The van der Waals surface area contributed by atoms with E-state index in [4.69, 9.17) is 0 Å². The molecule has 2 fully saturated rings. The number of piperazine rings is 1. The van der Waals surface area contributed by atoms with Gasteiger partial charge in [-0.25, -0.2) is 0 Å². The molecule has 3 aromatic rings. The van der Waals surface area contributed by atoms with E-state index in [9.17, 15) is 4.79 Å². The number of carbonyl (C=O) groups is 1. The molecule has 2 aliphatic rings. The van der Waals surface area contributed by atoms with Gasteiger partial charge in [0.2, 0.25) is 16.2 Å². The summed E-state index contributed by atoms with van der Waals surface area (Å²) in [6.07, 6.45) is 5.92. The number of anilines is 2. The number of piperidine rings is 1. The van der Waals surface area contributed by atoms with Crippen molar-refractivity contribution in [2.45, 2.75) is 26.7 Å². The molecule has 4 heterocycles. The highest BCUT2D eigenvalue weighted by Gasteiger charge is 2.32. The van der Waals surface area contributed by atoms with Crippen LogP contribution in [0.15, 0.2) is 42.7 Å². The SMILES string of the molecule is Cc1cccc(N2CCN(C(=O)[C@@H]3CCCN(c4nnc(-n5cccc5)s4)C3)CC2)c1C. The zero-order valence-corrected chi connectivity index (χ0v) is 19.6. The van der Waals surface area contributed by atoms with Gasteiger partial charge in [0, 0.05) is 57.3 Å². The van der Waals surface area contributed by atoms with Crippen molar-refractivity contribution in [2.24, 2.45) is 5.92 Å². The van der Waals surface area contributed by atoms with Gasteiger partial charge in [-0.2, -0.15) is 0 Å². The fraction of sp³-hybridized carbons (Fsp3) is 0.458. The first-order valence-corrected chi connectivity index (χ1v) is 12.2. The minimum absolute atomic E-state index is 0.0370. The standard InChI is InChI=1S/C24H30N6OS/c1-18-7-5-9-21(19(18)2)27-13-15-28(16-14-27)22(31)20-8-6-12-30(17-20)24-26-25-23(32-24)29-10-3-4-11-29/h3-5,7,9-11,20H,6,8,12-17H2,1-2H3/t20-/m1/s1. The minimum Gasteiger partial charge on any atom is -0.368 e. The molecule has 0 N–H and O–H groups in total. The second-order valence-corrected chi connectivity index (χ2v) is 9.71. The Balaban J connectivity index is 1.20. The summed E-state index contributed by atoms with van der Waals surface area (Å²) in [4.78, 5) is 20.1. The molecule has 0 saturated carbocycles. The summed E-state index contributed by atoms with van der Waals surface area (Å²) in [5, 5.41) is 10.5. The molecule has 1 aromatic carbocycles. The molecular weight excluding hydrogens is 420 g/mol. The number of benzene rings is 1. The molecule has 5 rings (SSSR count). The molecule has 1 amide bonds. The summed E-state index contributed by atoms with van der Waals surface area (Å²) in [5.41, 5.74) is 3.96. The van der Waals surface area contributed by atoms with E-state index in [0.717, 1.165) is 62.4 Å². The molecule has 1 atom stereocenters. The van der Waals surface area contributed by atoms with Crippen LogP contribution in [0.1, 0.15) is 24.0 Å². The molecule has 0 bridgehead atoms. The third-order valence-corrected chi connectivity index (χ3v) is 7.78. The zero-order chi connectivity index (χ0) is 22.1. The van der Waals surface area contributed by atoms with E-state index in [-0.39, 0.29) is 5.92 Å². The van der Waals surface area contributed by atoms with E-state index in [1.54, 1.807) is 11.3 Å². The summed E-state index contributed by atoms with van der Waals surface area (Å²) in [6.45, 7) is 9.38. The van der Waals surface area contributed by atoms with Crippen molar-refractivity contribution < 1.29 is 4.79 Å². The molecule has 2 aliphatic heterocycles. The lowest BCUT2D eigenvalue weighted by Crippen LogP contribution is -2.52. The number of aromatic nitrogens is 3. The van der Waals surface area contributed by atoms with Crippen LogP contribution in [-0.2, 0) is 4.79 Å². The predicted octanol–water partition coefficient (Wildman–Crippen LogP) is 3.51. The lowest BCUT2D eigenvalue weighted by Gasteiger charge is -2.40. The van der Waals surface area contributed by atoms with E-state index in [1.165, 1.54) is 16.8 Å². The fourth-order valence-corrected chi connectivity index (χ4v) is 5.61. The van der Waals surface area contributed by atoms with Gasteiger partial charge in [-0.15, -0.1) is 10.2 Å². The topological polar surface area (TPSA) is 57.5 Å². The van der Waals surface area contributed by atoms with Gasteiger partial charge >= 0.3 is 0 Å². The monoisotopic (exact) mass is 450 g/mol. The van der Waals surface area contributed by atoms with Crippen LogP contribution >= 0.6 is 11.3 Å². The van der Waals surface area contributed by atoms with Crippen LogP contribution in [-0.4, -0.2) is 64.8 Å². The number of hydrogen-bond acceptors (Lipinski definition) is 6. The van der Waals surface area contributed by atoms with Gasteiger partial charge < -0.3 is 14.7 Å². The summed E-state index contributed by atoms with van der Waals surface area (Å²) in [7, 11) is 0. The third kappa shape index (κ3) is 4.11. The molecule has 0 radical (unpaired) electrons. The highest BCUT2D eigenvalue weighted by Crippen LogP contribution is 2.29. The zero-order valence-electron chi connectivity index (χ0n) is 18.8. The van der Waals surface area contributed by atoms with Gasteiger partial charge in [0.25, 0.3) is 0 Å². The average molecular weight is 451 g/mol. The van der Waals surface area contributed by atoms with Gasteiger partial charge in [0.05, 0.1) is 5.92 Å². The fourth-order valence-electron chi connectivity index (χ4n) is 4.76. The number of nitrogens with zero attached hydrogens (tertiary/aromatic N) is 6. The molecule has 32 heavy (non-hydrogen) atoms. The second kappa shape index (κ2) is 8.94. The second-order valence-electron chi connectivity index (χ2n) is 8.77. The van der Waals surface area contributed by atoms with Gasteiger partial charge in [0.1, 0.15) is 0 Å². The lowest BCUT2D eigenvalue weighted by atomic mass is 9.96. The van der Waals surface area contributed by atoms with Crippen molar-refractivity contribution in [1.82, 2.24) is 19.7 Å². The Morgan fingerprint density at radius 1 is 0.938 bits per heavy atom. The van der Waals surface area contributed by atoms with Crippen LogP contribution in [0.5, 0.6) is 0 Å². The van der Waals surface area contributed by atoms with Crippen LogP contribution in [0.3, 0.4) is 0 Å². The quantitative estimate of drug-likeness (QED) is 0.609. The summed E-state index contributed by atoms with van der Waals surface area (Å²) < 4.78 is 1.98. The van der Waals surface area contributed by atoms with E-state index < -0.39 is 0 Å². The molecule has 0 spiro atoms. The Hall–Kier alpha value is -2.87. The lowest BCUT2D eigenvalue weighted by molar-refractivity contribution is -0.136. The maximum absolute atomic E-state index is 13.3. The molecule has 0 aliphatic carbocycles. The van der Waals surface area contributed by atoms with Crippen molar-refractivity contribution >= 4 is 28.1 Å². The third-order valence-electron chi connectivity index (χ3n) is 6.78. The van der Waals surface area contributed by atoms with Crippen molar-refractivity contribution in [3.63, 3.8) is 0 Å². The van der Waals surface area contributed by atoms with E-state index in [1.807, 2.05) is 29.1 Å². The molecule has 168 valence electrons. The Labute approximate surface area is 193 Å². The number of rotatable bonds is 4. The van der Waals surface area contributed by atoms with Gasteiger partial charge in [-0.3, -0.25) is 9.36 Å². The highest BCUT2D eigenvalue weighted by atomic mass is 32.1. The average Bonchev–Trinajstić information content (AvgIpc) is 3.53. The van der Waals surface area contributed by atoms with Crippen molar-refractivity contribution in [1.29, 1.82) is 0 Å². The molecule has 0 unspecified atom stereocenters. The summed E-state index contributed by atoms with van der Waals surface area (Å²) in [5.74, 6) is 0.334. The first kappa shape index (κ1) is 21.0. The van der Waals surface area contributed by atoms with Gasteiger partial charge in [-0.1, -0.05) is 23.5 Å². The summed E-state index contributed by atoms with van der Waals surface area (Å²) in [6, 6.07) is 10.4. The number of hydrogen-bond donors (Lipinski definition) is 0. The highest BCUT2D eigenvalue weighted by molar-refractivity contribution is 7.17. The van der Waals surface area contributed by atoms with Crippen LogP contribution < -0.4 is 9.80 Å². The van der Waals surface area contributed by atoms with E-state index in [0.29, 0.717) is 5.91 Å². The van der Waals surface area contributed by atoms with Crippen molar-refractivity contribution in [3.8, 4) is 5.13 Å². The summed E-state index contributed by atoms with van der Waals surface area (Å²) >= 11 is 1.58. The Kier molecular flexibility index (Phi) is 5.87. The van der Waals surface area contributed by atoms with Crippen LogP contribution in [0.25, 0.3) is 5.13 Å². The maximum atomic E-state index is 13.3. The molecule has 7 nitrogen and oxygen atoms in total. The van der Waals surface area contributed by atoms with Gasteiger partial charge in [0.15, 0.2) is 0 Å². The van der Waals surface area contributed by atoms with Crippen molar-refractivity contribution in [2.75, 3.05) is 49.1 Å². The smallest absolute Gasteiger partial charge is 0.227 e. The number of carbonyl (C=O) groups excluding carboxylic acids is 1. The molecule has 8 heteroatoms.